The summed E-state index contributed by atoms with van der Waals surface area (Å²) in [5.74, 6) is 0.164. The van der Waals surface area contributed by atoms with Crippen LogP contribution in [0, 0.1) is 5.82 Å². The van der Waals surface area contributed by atoms with Crippen LogP contribution in [0.5, 0.6) is 23.0 Å². The van der Waals surface area contributed by atoms with Crippen molar-refractivity contribution in [3.8, 4) is 23.0 Å². The fourth-order valence-corrected chi connectivity index (χ4v) is 2.81. The van der Waals surface area contributed by atoms with Crippen LogP contribution in [0.3, 0.4) is 0 Å². The van der Waals surface area contributed by atoms with Crippen LogP contribution in [-0.4, -0.2) is 38.4 Å². The van der Waals surface area contributed by atoms with Crippen molar-refractivity contribution in [2.24, 2.45) is 5.10 Å². The van der Waals surface area contributed by atoms with Crippen molar-refractivity contribution in [2.75, 3.05) is 20.3 Å². The molecule has 1 amide bonds. The number of amides is 1. The molecule has 9 heteroatoms. The van der Waals surface area contributed by atoms with Gasteiger partial charge in [0.15, 0.2) is 18.1 Å². The Morgan fingerprint density at radius 2 is 1.63 bits per heavy atom. The average molecular weight is 480 g/mol. The van der Waals surface area contributed by atoms with Gasteiger partial charge in [-0.25, -0.2) is 14.6 Å². The first kappa shape index (κ1) is 25.2. The average Bonchev–Trinajstić information content (AvgIpc) is 2.88. The topological polar surface area (TPSA) is 95.5 Å². The van der Waals surface area contributed by atoms with E-state index in [1.165, 1.54) is 37.6 Å². The van der Waals surface area contributed by atoms with Crippen molar-refractivity contribution in [3.05, 3.63) is 83.7 Å². The molecule has 0 unspecified atom stereocenters. The summed E-state index contributed by atoms with van der Waals surface area (Å²) >= 11 is 0. The minimum Gasteiger partial charge on any atom is -0.494 e. The summed E-state index contributed by atoms with van der Waals surface area (Å²) < 4.78 is 34.4. The lowest BCUT2D eigenvalue weighted by Crippen LogP contribution is -2.24. The minimum absolute atomic E-state index is 0.234. The van der Waals surface area contributed by atoms with E-state index in [2.05, 4.69) is 10.5 Å². The number of esters is 1. The Balaban J connectivity index is 1.54. The summed E-state index contributed by atoms with van der Waals surface area (Å²) in [4.78, 5) is 24.4. The molecule has 1 N–H and O–H groups in total. The lowest BCUT2D eigenvalue weighted by Gasteiger charge is -2.10. The Morgan fingerprint density at radius 3 is 2.31 bits per heavy atom. The Morgan fingerprint density at radius 1 is 0.943 bits per heavy atom. The van der Waals surface area contributed by atoms with E-state index in [1.54, 1.807) is 42.5 Å². The number of hydrogen-bond acceptors (Lipinski definition) is 7. The number of rotatable bonds is 11. The number of nitrogens with zero attached hydrogens (tertiary/aromatic N) is 1. The maximum absolute atomic E-state index is 12.9. The Kier molecular flexibility index (Phi) is 9.18. The Bertz CT molecular complexity index is 1160. The number of hydrazone groups is 1. The predicted octanol–water partition coefficient (Wildman–Crippen LogP) is 4.37. The third-order valence-electron chi connectivity index (χ3n) is 4.54. The van der Waals surface area contributed by atoms with Gasteiger partial charge in [0.1, 0.15) is 17.3 Å². The van der Waals surface area contributed by atoms with Crippen molar-refractivity contribution < 1.29 is 32.9 Å². The molecule has 0 atom stereocenters. The second-order valence-electron chi connectivity index (χ2n) is 7.21. The van der Waals surface area contributed by atoms with E-state index in [0.29, 0.717) is 35.0 Å². The molecule has 0 aliphatic rings. The van der Waals surface area contributed by atoms with Crippen molar-refractivity contribution in [2.45, 2.75) is 13.3 Å². The number of hydrogen-bond donors (Lipinski definition) is 1. The third-order valence-corrected chi connectivity index (χ3v) is 4.54. The molecule has 182 valence electrons. The number of benzene rings is 3. The van der Waals surface area contributed by atoms with Gasteiger partial charge in [-0.3, -0.25) is 4.79 Å². The molecule has 0 saturated heterocycles. The number of carbonyl (C=O) groups is 2. The molecule has 3 rings (SSSR count). The molecular weight excluding hydrogens is 455 g/mol. The second kappa shape index (κ2) is 12.7. The summed E-state index contributed by atoms with van der Waals surface area (Å²) in [6.07, 6.45) is 2.29. The smallest absolute Gasteiger partial charge is 0.343 e. The quantitative estimate of drug-likeness (QED) is 0.190. The second-order valence-corrected chi connectivity index (χ2v) is 7.21. The molecule has 0 aliphatic carbocycles. The normalized spacial score (nSPS) is 10.6. The van der Waals surface area contributed by atoms with Crippen molar-refractivity contribution in [1.82, 2.24) is 5.43 Å². The molecule has 0 spiro atoms. The van der Waals surface area contributed by atoms with Gasteiger partial charge in [0.25, 0.3) is 5.91 Å². The van der Waals surface area contributed by atoms with Gasteiger partial charge in [-0.1, -0.05) is 6.92 Å². The number of halogens is 1. The zero-order chi connectivity index (χ0) is 25.0. The first-order chi connectivity index (χ1) is 17.0. The Labute approximate surface area is 202 Å². The van der Waals surface area contributed by atoms with E-state index in [0.717, 1.165) is 6.42 Å². The van der Waals surface area contributed by atoms with Gasteiger partial charge >= 0.3 is 5.97 Å². The lowest BCUT2D eigenvalue weighted by molar-refractivity contribution is -0.123. The molecule has 3 aromatic carbocycles. The zero-order valence-corrected chi connectivity index (χ0v) is 19.3. The van der Waals surface area contributed by atoms with E-state index < -0.39 is 17.7 Å². The van der Waals surface area contributed by atoms with Crippen molar-refractivity contribution >= 4 is 18.1 Å². The number of nitrogens with one attached hydrogen (secondary N) is 1. The molecule has 0 saturated carbocycles. The van der Waals surface area contributed by atoms with Crippen LogP contribution >= 0.6 is 0 Å². The van der Waals surface area contributed by atoms with Crippen LogP contribution in [0.25, 0.3) is 0 Å². The summed E-state index contributed by atoms with van der Waals surface area (Å²) in [6, 6.07) is 16.8. The van der Waals surface area contributed by atoms with E-state index in [4.69, 9.17) is 18.9 Å². The van der Waals surface area contributed by atoms with E-state index >= 15 is 0 Å². The van der Waals surface area contributed by atoms with Crippen LogP contribution < -0.4 is 24.4 Å². The SMILES string of the molecule is CCCOc1ccc(C(=O)Oc2ccc(/C=N/NC(=O)COc3ccc(F)cc3)cc2OC)cc1. The molecular formula is C26H25FN2O6. The highest BCUT2D eigenvalue weighted by Gasteiger charge is 2.13. The van der Waals surface area contributed by atoms with Crippen LogP contribution in [0.2, 0.25) is 0 Å². The van der Waals surface area contributed by atoms with Crippen molar-refractivity contribution in [1.29, 1.82) is 0 Å². The van der Waals surface area contributed by atoms with Gasteiger partial charge in [-0.15, -0.1) is 0 Å². The molecule has 0 aliphatic heterocycles. The maximum Gasteiger partial charge on any atom is 0.343 e. The summed E-state index contributed by atoms with van der Waals surface area (Å²) in [5.41, 5.74) is 3.29. The molecule has 0 aromatic heterocycles. The first-order valence-electron chi connectivity index (χ1n) is 10.8. The van der Waals surface area contributed by atoms with Crippen LogP contribution in [0.4, 0.5) is 4.39 Å². The van der Waals surface area contributed by atoms with Gasteiger partial charge in [-0.05, 0) is 78.7 Å². The molecule has 3 aromatic rings. The largest absolute Gasteiger partial charge is 0.494 e. The fraction of sp³-hybridized carbons (Fsp3) is 0.192. The molecule has 0 radical (unpaired) electrons. The molecule has 0 heterocycles. The standard InChI is InChI=1S/C26H25FN2O6/c1-3-14-33-21-9-5-19(6-10-21)26(31)35-23-13-4-18(15-24(23)32-2)16-28-29-25(30)17-34-22-11-7-20(27)8-12-22/h4-13,15-16H,3,14,17H2,1-2H3,(H,29,30)/b28-16+. The minimum atomic E-state index is -0.542. The molecule has 8 nitrogen and oxygen atoms in total. The number of methoxy groups -OCH3 is 1. The van der Waals surface area contributed by atoms with Crippen LogP contribution in [0.15, 0.2) is 71.8 Å². The van der Waals surface area contributed by atoms with Gasteiger partial charge in [-0.2, -0.15) is 5.10 Å². The molecule has 0 fully saturated rings. The fourth-order valence-electron chi connectivity index (χ4n) is 2.81. The van der Waals surface area contributed by atoms with E-state index in [1.807, 2.05) is 6.92 Å². The molecule has 35 heavy (non-hydrogen) atoms. The number of ether oxygens (including phenoxy) is 4. The first-order valence-corrected chi connectivity index (χ1v) is 10.8. The van der Waals surface area contributed by atoms with Gasteiger partial charge in [0, 0.05) is 0 Å². The third kappa shape index (κ3) is 7.85. The van der Waals surface area contributed by atoms with E-state index in [9.17, 15) is 14.0 Å². The Hall–Kier alpha value is -4.40. The predicted molar refractivity (Wildman–Crippen MR) is 128 cm³/mol. The van der Waals surface area contributed by atoms with Gasteiger partial charge in [0.2, 0.25) is 0 Å². The highest BCUT2D eigenvalue weighted by Crippen LogP contribution is 2.28. The highest BCUT2D eigenvalue weighted by molar-refractivity contribution is 5.92. The zero-order valence-electron chi connectivity index (χ0n) is 19.3. The van der Waals surface area contributed by atoms with E-state index in [-0.39, 0.29) is 12.4 Å². The molecule has 0 bridgehead atoms. The monoisotopic (exact) mass is 480 g/mol. The van der Waals surface area contributed by atoms with Crippen LogP contribution in [-0.2, 0) is 4.79 Å². The van der Waals surface area contributed by atoms with Gasteiger partial charge in [0.05, 0.1) is 25.5 Å². The van der Waals surface area contributed by atoms with Gasteiger partial charge < -0.3 is 18.9 Å². The maximum atomic E-state index is 12.9. The number of carbonyl (C=O) groups excluding carboxylic acids is 2. The van der Waals surface area contributed by atoms with Crippen molar-refractivity contribution in [3.63, 3.8) is 0 Å². The summed E-state index contributed by atoms with van der Waals surface area (Å²) in [6.45, 7) is 2.33. The van der Waals surface area contributed by atoms with Crippen LogP contribution in [0.1, 0.15) is 29.3 Å². The lowest BCUT2D eigenvalue weighted by atomic mass is 10.2. The summed E-state index contributed by atoms with van der Waals surface area (Å²) in [5, 5.41) is 3.87. The highest BCUT2D eigenvalue weighted by atomic mass is 19.1. The summed E-state index contributed by atoms with van der Waals surface area (Å²) in [7, 11) is 1.45.